The largest absolute Gasteiger partial charge is 0.493 e. The maximum absolute atomic E-state index is 12.3. The SMILES string of the molecule is COC1=CC=C/C(=C/C=C2/Oc3c(cccc3OC)C=C2C(C)=O)C1=O. The first-order valence-corrected chi connectivity index (χ1v) is 8.02. The van der Waals surface area contributed by atoms with Crippen molar-refractivity contribution in [1.29, 1.82) is 0 Å². The fourth-order valence-electron chi connectivity index (χ4n) is 2.70. The van der Waals surface area contributed by atoms with Gasteiger partial charge in [0.1, 0.15) is 5.76 Å². The highest BCUT2D eigenvalue weighted by molar-refractivity contribution is 6.10. The number of Topliss-reactive ketones (excluding diaryl/α,β-unsaturated/α-hetero) is 2. The number of fused-ring (bicyclic) bond motifs is 1. The van der Waals surface area contributed by atoms with E-state index >= 15 is 0 Å². The van der Waals surface area contributed by atoms with Crippen molar-refractivity contribution in [3.05, 3.63) is 76.8 Å². The molecule has 5 nitrogen and oxygen atoms in total. The molecular formula is C21H18O5. The molecule has 0 fully saturated rings. The molecule has 0 N–H and O–H groups in total. The Balaban J connectivity index is 2.02. The van der Waals surface area contributed by atoms with Crippen molar-refractivity contribution < 1.29 is 23.8 Å². The average Bonchev–Trinajstić information content (AvgIpc) is 2.65. The molecule has 2 aliphatic rings. The minimum absolute atomic E-state index is 0.133. The first-order valence-electron chi connectivity index (χ1n) is 8.02. The van der Waals surface area contributed by atoms with Crippen molar-refractivity contribution in [3.63, 3.8) is 0 Å². The van der Waals surface area contributed by atoms with Gasteiger partial charge in [-0.05, 0) is 37.3 Å². The molecule has 0 spiro atoms. The molecule has 0 amide bonds. The molecule has 0 unspecified atom stereocenters. The van der Waals surface area contributed by atoms with Gasteiger partial charge >= 0.3 is 0 Å². The Morgan fingerprint density at radius 2 is 1.96 bits per heavy atom. The Kier molecular flexibility index (Phi) is 4.89. The molecule has 0 radical (unpaired) electrons. The lowest BCUT2D eigenvalue weighted by atomic mass is 10.00. The summed E-state index contributed by atoms with van der Waals surface area (Å²) in [6.07, 6.45) is 9.98. The van der Waals surface area contributed by atoms with Crippen LogP contribution in [0.25, 0.3) is 6.08 Å². The zero-order valence-corrected chi connectivity index (χ0v) is 14.7. The van der Waals surface area contributed by atoms with E-state index in [1.54, 1.807) is 49.6 Å². The van der Waals surface area contributed by atoms with Crippen molar-refractivity contribution in [2.75, 3.05) is 14.2 Å². The Labute approximate surface area is 151 Å². The first-order chi connectivity index (χ1) is 12.5. The zero-order chi connectivity index (χ0) is 18.7. The molecule has 0 saturated heterocycles. The van der Waals surface area contributed by atoms with Crippen molar-refractivity contribution in [2.45, 2.75) is 6.92 Å². The molecule has 1 aromatic rings. The van der Waals surface area contributed by atoms with Gasteiger partial charge in [-0.3, -0.25) is 9.59 Å². The van der Waals surface area contributed by atoms with E-state index in [0.717, 1.165) is 5.56 Å². The van der Waals surface area contributed by atoms with Crippen molar-refractivity contribution in [1.82, 2.24) is 0 Å². The van der Waals surface area contributed by atoms with Crippen molar-refractivity contribution in [2.24, 2.45) is 0 Å². The second kappa shape index (κ2) is 7.27. The summed E-state index contributed by atoms with van der Waals surface area (Å²) in [5.74, 6) is 1.36. The number of rotatable bonds is 4. The van der Waals surface area contributed by atoms with Crippen LogP contribution in [0.2, 0.25) is 0 Å². The van der Waals surface area contributed by atoms with E-state index in [0.29, 0.717) is 28.4 Å². The number of ketones is 2. The Bertz CT molecular complexity index is 926. The number of carbonyl (C=O) groups excluding carboxylic acids is 2. The number of hydrogen-bond donors (Lipinski definition) is 0. The monoisotopic (exact) mass is 350 g/mol. The molecule has 3 rings (SSSR count). The quantitative estimate of drug-likeness (QED) is 0.777. The standard InChI is InChI=1S/C21H18O5/c1-13(22)16-12-15-7-5-9-19(25-3)21(15)26-17(16)11-10-14-6-4-8-18(24-2)20(14)23/h4-12H,1-3H3/b14-10-,17-11+. The highest BCUT2D eigenvalue weighted by atomic mass is 16.5. The molecule has 0 aromatic heterocycles. The second-order valence-electron chi connectivity index (χ2n) is 5.67. The van der Waals surface area contributed by atoms with Crippen LogP contribution in [0.5, 0.6) is 11.5 Å². The summed E-state index contributed by atoms with van der Waals surface area (Å²) in [5, 5.41) is 0. The Hall–Kier alpha value is -3.34. The molecule has 5 heteroatoms. The predicted molar refractivity (Wildman–Crippen MR) is 97.7 cm³/mol. The number of allylic oxidation sites excluding steroid dienone is 7. The lowest BCUT2D eigenvalue weighted by Crippen LogP contribution is -2.12. The van der Waals surface area contributed by atoms with Crippen LogP contribution >= 0.6 is 0 Å². The minimum Gasteiger partial charge on any atom is -0.493 e. The number of carbonyl (C=O) groups is 2. The van der Waals surface area contributed by atoms with E-state index < -0.39 is 0 Å². The third-order valence-corrected chi connectivity index (χ3v) is 4.03. The van der Waals surface area contributed by atoms with Gasteiger partial charge in [0.05, 0.1) is 19.8 Å². The molecule has 0 bridgehead atoms. The average molecular weight is 350 g/mol. The van der Waals surface area contributed by atoms with Gasteiger partial charge in [0.25, 0.3) is 0 Å². The maximum Gasteiger partial charge on any atom is 0.227 e. The van der Waals surface area contributed by atoms with Crippen molar-refractivity contribution >= 4 is 17.6 Å². The van der Waals surface area contributed by atoms with Gasteiger partial charge in [-0.1, -0.05) is 24.3 Å². The van der Waals surface area contributed by atoms with Gasteiger partial charge in [0.15, 0.2) is 23.0 Å². The molecule has 0 atom stereocenters. The van der Waals surface area contributed by atoms with Gasteiger partial charge < -0.3 is 14.2 Å². The van der Waals surface area contributed by atoms with Gasteiger partial charge in [-0.2, -0.15) is 0 Å². The number of para-hydroxylation sites is 1. The second-order valence-corrected chi connectivity index (χ2v) is 5.67. The first kappa shape index (κ1) is 17.5. The van der Waals surface area contributed by atoms with Gasteiger partial charge in [0.2, 0.25) is 5.78 Å². The van der Waals surface area contributed by atoms with Crippen molar-refractivity contribution in [3.8, 4) is 11.5 Å². The Morgan fingerprint density at radius 1 is 1.15 bits per heavy atom. The highest BCUT2D eigenvalue weighted by Crippen LogP contribution is 2.39. The molecule has 1 aromatic carbocycles. The summed E-state index contributed by atoms with van der Waals surface area (Å²) in [5.41, 5.74) is 1.63. The van der Waals surface area contributed by atoms with Gasteiger partial charge in [-0.15, -0.1) is 0 Å². The summed E-state index contributed by atoms with van der Waals surface area (Å²) in [7, 11) is 3.00. The minimum atomic E-state index is -0.228. The Morgan fingerprint density at radius 3 is 2.65 bits per heavy atom. The van der Waals surface area contributed by atoms with E-state index in [-0.39, 0.29) is 17.3 Å². The topological polar surface area (TPSA) is 61.8 Å². The zero-order valence-electron chi connectivity index (χ0n) is 14.7. The normalized spacial score (nSPS) is 18.8. The number of hydrogen-bond acceptors (Lipinski definition) is 5. The molecule has 132 valence electrons. The smallest absolute Gasteiger partial charge is 0.227 e. The van der Waals surface area contributed by atoms with Crippen LogP contribution in [0.15, 0.2) is 71.2 Å². The summed E-state index contributed by atoms with van der Waals surface area (Å²) < 4.78 is 16.3. The predicted octanol–water partition coefficient (Wildman–Crippen LogP) is 3.54. The fraction of sp³-hybridized carbons (Fsp3) is 0.143. The summed E-state index contributed by atoms with van der Waals surface area (Å²) >= 11 is 0. The van der Waals surface area contributed by atoms with E-state index in [9.17, 15) is 9.59 Å². The fourth-order valence-corrected chi connectivity index (χ4v) is 2.70. The van der Waals surface area contributed by atoms with E-state index in [1.165, 1.54) is 14.0 Å². The van der Waals surface area contributed by atoms with E-state index in [2.05, 4.69) is 0 Å². The van der Waals surface area contributed by atoms with Crippen LogP contribution in [-0.4, -0.2) is 25.8 Å². The lowest BCUT2D eigenvalue weighted by molar-refractivity contribution is -0.115. The number of ether oxygens (including phenoxy) is 3. The van der Waals surface area contributed by atoms with Crippen LogP contribution in [0.1, 0.15) is 12.5 Å². The van der Waals surface area contributed by atoms with Crippen LogP contribution in [-0.2, 0) is 14.3 Å². The molecule has 1 aliphatic carbocycles. The summed E-state index contributed by atoms with van der Waals surface area (Å²) in [6.45, 7) is 1.47. The number of methoxy groups -OCH3 is 2. The van der Waals surface area contributed by atoms with Crippen LogP contribution in [0, 0.1) is 0 Å². The third-order valence-electron chi connectivity index (χ3n) is 4.03. The lowest BCUT2D eigenvalue weighted by Gasteiger charge is -2.21. The molecule has 1 aliphatic heterocycles. The molecule has 1 heterocycles. The summed E-state index contributed by atoms with van der Waals surface area (Å²) in [6, 6.07) is 5.46. The highest BCUT2D eigenvalue weighted by Gasteiger charge is 2.23. The van der Waals surface area contributed by atoms with Gasteiger partial charge in [-0.25, -0.2) is 0 Å². The molecule has 0 saturated carbocycles. The van der Waals surface area contributed by atoms with Crippen LogP contribution < -0.4 is 9.47 Å². The van der Waals surface area contributed by atoms with Crippen LogP contribution in [0.3, 0.4) is 0 Å². The van der Waals surface area contributed by atoms with Crippen LogP contribution in [0.4, 0.5) is 0 Å². The maximum atomic E-state index is 12.3. The third kappa shape index (κ3) is 3.24. The van der Waals surface area contributed by atoms with E-state index in [1.807, 2.05) is 12.1 Å². The number of benzene rings is 1. The van der Waals surface area contributed by atoms with E-state index in [4.69, 9.17) is 14.2 Å². The summed E-state index contributed by atoms with van der Waals surface area (Å²) in [4.78, 5) is 24.3. The molecule has 26 heavy (non-hydrogen) atoms. The molecular weight excluding hydrogens is 332 g/mol. The van der Waals surface area contributed by atoms with Gasteiger partial charge in [0, 0.05) is 11.1 Å².